The molecule has 118 valence electrons. The summed E-state index contributed by atoms with van der Waals surface area (Å²) in [7, 11) is 0. The van der Waals surface area contributed by atoms with Gasteiger partial charge in [-0.25, -0.2) is 4.79 Å². The molecule has 0 fully saturated rings. The lowest BCUT2D eigenvalue weighted by Gasteiger charge is -2.09. The van der Waals surface area contributed by atoms with Gasteiger partial charge in [-0.2, -0.15) is 0 Å². The van der Waals surface area contributed by atoms with Crippen LogP contribution in [0, 0.1) is 0 Å². The molecule has 5 heteroatoms. The van der Waals surface area contributed by atoms with Crippen molar-refractivity contribution in [2.45, 2.75) is 6.92 Å². The number of hydrogen-bond acceptors (Lipinski definition) is 4. The Labute approximate surface area is 142 Å². The van der Waals surface area contributed by atoms with Crippen LogP contribution in [-0.4, -0.2) is 19.4 Å². The van der Waals surface area contributed by atoms with E-state index in [-0.39, 0.29) is 12.8 Å². The Morgan fingerprint density at radius 2 is 2.00 bits per heavy atom. The van der Waals surface area contributed by atoms with Gasteiger partial charge in [0.25, 0.3) is 0 Å². The summed E-state index contributed by atoms with van der Waals surface area (Å²) in [6, 6.07) is 13.1. The number of carbonyl (C=O) groups excluding carboxylic acids is 1. The minimum atomic E-state index is -0.358. The fourth-order valence-electron chi connectivity index (χ4n) is 2.31. The molecular formula is C18H15BrO4. The van der Waals surface area contributed by atoms with Crippen molar-refractivity contribution in [3.63, 3.8) is 0 Å². The minimum absolute atomic E-state index is 0.199. The van der Waals surface area contributed by atoms with Gasteiger partial charge >= 0.3 is 5.97 Å². The Balaban J connectivity index is 2.06. The predicted molar refractivity (Wildman–Crippen MR) is 91.2 cm³/mol. The number of benzene rings is 2. The Morgan fingerprint density at radius 1 is 1.22 bits per heavy atom. The van der Waals surface area contributed by atoms with Crippen molar-refractivity contribution in [2.75, 3.05) is 13.4 Å². The van der Waals surface area contributed by atoms with E-state index in [4.69, 9.17) is 14.2 Å². The van der Waals surface area contributed by atoms with Crippen molar-refractivity contribution in [2.24, 2.45) is 0 Å². The summed E-state index contributed by atoms with van der Waals surface area (Å²) in [6.45, 7) is 2.31. The zero-order valence-corrected chi connectivity index (χ0v) is 14.1. The van der Waals surface area contributed by atoms with Gasteiger partial charge in [0, 0.05) is 0 Å². The number of rotatable bonds is 4. The molecular weight excluding hydrogens is 360 g/mol. The summed E-state index contributed by atoms with van der Waals surface area (Å²) in [5.41, 5.74) is 2.11. The number of halogens is 1. The highest BCUT2D eigenvalue weighted by atomic mass is 79.9. The van der Waals surface area contributed by atoms with Crippen LogP contribution in [0.25, 0.3) is 11.6 Å². The molecule has 1 aliphatic rings. The first-order chi connectivity index (χ1) is 11.2. The quantitative estimate of drug-likeness (QED) is 0.455. The lowest BCUT2D eigenvalue weighted by molar-refractivity contribution is -0.136. The van der Waals surface area contributed by atoms with Gasteiger partial charge in [0.2, 0.25) is 6.79 Å². The molecule has 1 heterocycles. The molecule has 1 aliphatic heterocycles. The third kappa shape index (κ3) is 3.24. The number of ether oxygens (including phenoxy) is 3. The molecule has 0 N–H and O–H groups in total. The Morgan fingerprint density at radius 3 is 2.74 bits per heavy atom. The van der Waals surface area contributed by atoms with E-state index in [2.05, 4.69) is 15.9 Å². The molecule has 0 atom stereocenters. The van der Waals surface area contributed by atoms with E-state index >= 15 is 0 Å². The molecule has 0 saturated carbocycles. The summed E-state index contributed by atoms with van der Waals surface area (Å²) in [4.78, 5) is 12.3. The fourth-order valence-corrected chi connectivity index (χ4v) is 2.86. The molecule has 0 radical (unpaired) electrons. The zero-order valence-electron chi connectivity index (χ0n) is 12.5. The SMILES string of the molecule is CCOC(=O)C(=Cc1ccc2c(c1Br)OCO2)c1ccccc1. The molecule has 2 aromatic carbocycles. The maximum absolute atomic E-state index is 12.3. The van der Waals surface area contributed by atoms with E-state index in [9.17, 15) is 4.79 Å². The average molecular weight is 375 g/mol. The topological polar surface area (TPSA) is 44.8 Å². The Kier molecular flexibility index (Phi) is 4.67. The number of hydrogen-bond donors (Lipinski definition) is 0. The van der Waals surface area contributed by atoms with Crippen LogP contribution in [0.1, 0.15) is 18.1 Å². The molecule has 2 aromatic rings. The zero-order chi connectivity index (χ0) is 16.2. The maximum atomic E-state index is 12.3. The summed E-state index contributed by atoms with van der Waals surface area (Å²) in [6.07, 6.45) is 1.79. The van der Waals surface area contributed by atoms with Crippen LogP contribution in [0.2, 0.25) is 0 Å². The van der Waals surface area contributed by atoms with Crippen LogP contribution in [0.3, 0.4) is 0 Å². The smallest absolute Gasteiger partial charge is 0.338 e. The molecule has 0 aliphatic carbocycles. The van der Waals surface area contributed by atoms with Crippen LogP contribution >= 0.6 is 15.9 Å². The lowest BCUT2D eigenvalue weighted by atomic mass is 10.0. The first kappa shape index (κ1) is 15.6. The van der Waals surface area contributed by atoms with Gasteiger partial charge in [0.1, 0.15) is 0 Å². The largest absolute Gasteiger partial charge is 0.462 e. The third-order valence-electron chi connectivity index (χ3n) is 3.39. The van der Waals surface area contributed by atoms with Crippen molar-refractivity contribution in [3.8, 4) is 11.5 Å². The third-order valence-corrected chi connectivity index (χ3v) is 4.21. The highest BCUT2D eigenvalue weighted by Crippen LogP contribution is 2.42. The van der Waals surface area contributed by atoms with Gasteiger partial charge in [-0.3, -0.25) is 0 Å². The van der Waals surface area contributed by atoms with E-state index in [0.717, 1.165) is 15.6 Å². The molecule has 3 rings (SSSR count). The molecule has 4 nitrogen and oxygen atoms in total. The van der Waals surface area contributed by atoms with Gasteiger partial charge in [0.15, 0.2) is 11.5 Å². The van der Waals surface area contributed by atoms with Gasteiger partial charge in [-0.1, -0.05) is 30.3 Å². The summed E-state index contributed by atoms with van der Waals surface area (Å²) < 4.78 is 16.7. The first-order valence-corrected chi connectivity index (χ1v) is 8.02. The second kappa shape index (κ2) is 6.87. The molecule has 0 saturated heterocycles. The van der Waals surface area contributed by atoms with Crippen LogP contribution in [0.5, 0.6) is 11.5 Å². The summed E-state index contributed by atoms with van der Waals surface area (Å²) in [5.74, 6) is 0.977. The standard InChI is InChI=1S/C18H15BrO4/c1-2-21-18(20)14(12-6-4-3-5-7-12)10-13-8-9-15-17(16(13)19)23-11-22-15/h3-10H,2,11H2,1H3. The van der Waals surface area contributed by atoms with Crippen molar-refractivity contribution < 1.29 is 19.0 Å². The Bertz CT molecular complexity index is 753. The fraction of sp³-hybridized carbons (Fsp3) is 0.167. The molecule has 0 aromatic heterocycles. The van der Waals surface area contributed by atoms with E-state index in [0.29, 0.717) is 23.7 Å². The van der Waals surface area contributed by atoms with Crippen LogP contribution in [-0.2, 0) is 9.53 Å². The van der Waals surface area contributed by atoms with E-state index < -0.39 is 0 Å². The van der Waals surface area contributed by atoms with E-state index in [1.807, 2.05) is 42.5 Å². The van der Waals surface area contributed by atoms with Crippen molar-refractivity contribution in [1.29, 1.82) is 0 Å². The molecule has 0 unspecified atom stereocenters. The van der Waals surface area contributed by atoms with Crippen molar-refractivity contribution in [3.05, 3.63) is 58.1 Å². The normalized spacial score (nSPS) is 13.0. The molecule has 23 heavy (non-hydrogen) atoms. The van der Waals surface area contributed by atoms with Gasteiger partial charge < -0.3 is 14.2 Å². The van der Waals surface area contributed by atoms with E-state index in [1.54, 1.807) is 13.0 Å². The van der Waals surface area contributed by atoms with Crippen LogP contribution in [0.4, 0.5) is 0 Å². The number of carbonyl (C=O) groups is 1. The summed E-state index contributed by atoms with van der Waals surface area (Å²) >= 11 is 3.52. The van der Waals surface area contributed by atoms with Crippen LogP contribution in [0.15, 0.2) is 46.9 Å². The average Bonchev–Trinajstić information content (AvgIpc) is 3.05. The van der Waals surface area contributed by atoms with Crippen molar-refractivity contribution >= 4 is 33.5 Å². The van der Waals surface area contributed by atoms with Crippen molar-refractivity contribution in [1.82, 2.24) is 0 Å². The number of fused-ring (bicyclic) bond motifs is 1. The molecule has 0 spiro atoms. The maximum Gasteiger partial charge on any atom is 0.338 e. The predicted octanol–water partition coefficient (Wildman–Crippen LogP) is 4.28. The minimum Gasteiger partial charge on any atom is -0.462 e. The first-order valence-electron chi connectivity index (χ1n) is 7.23. The second-order valence-electron chi connectivity index (χ2n) is 4.85. The van der Waals surface area contributed by atoms with E-state index in [1.165, 1.54) is 0 Å². The molecule has 0 bridgehead atoms. The van der Waals surface area contributed by atoms with Gasteiger partial charge in [-0.15, -0.1) is 0 Å². The molecule has 0 amide bonds. The second-order valence-corrected chi connectivity index (χ2v) is 5.64. The van der Waals surface area contributed by atoms with Gasteiger partial charge in [-0.05, 0) is 52.2 Å². The highest BCUT2D eigenvalue weighted by Gasteiger charge is 2.20. The number of esters is 1. The summed E-state index contributed by atoms with van der Waals surface area (Å²) in [5, 5.41) is 0. The lowest BCUT2D eigenvalue weighted by Crippen LogP contribution is -2.06. The highest BCUT2D eigenvalue weighted by molar-refractivity contribution is 9.10. The monoisotopic (exact) mass is 374 g/mol. The van der Waals surface area contributed by atoms with Crippen LogP contribution < -0.4 is 9.47 Å². The van der Waals surface area contributed by atoms with Gasteiger partial charge in [0.05, 0.1) is 16.7 Å². The Hall–Kier alpha value is -2.27.